The molecule has 1 aromatic rings. The second-order valence-electron chi connectivity index (χ2n) is 2.69. The fourth-order valence-electron chi connectivity index (χ4n) is 1.26. The minimum absolute atomic E-state index is 0.774. The molecule has 0 saturated carbocycles. The fourth-order valence-corrected chi connectivity index (χ4v) is 1.26. The van der Waals surface area contributed by atoms with Gasteiger partial charge in [0.05, 0.1) is 5.70 Å². The van der Waals surface area contributed by atoms with Crippen molar-refractivity contribution >= 4 is 11.8 Å². The molecule has 0 amide bonds. The Bertz CT molecular complexity index is 351. The van der Waals surface area contributed by atoms with Gasteiger partial charge in [0.1, 0.15) is 0 Å². The molecule has 60 valence electrons. The summed E-state index contributed by atoms with van der Waals surface area (Å²) in [7, 11) is 0. The molecule has 1 aromatic carbocycles. The van der Waals surface area contributed by atoms with Gasteiger partial charge in [-0.25, -0.2) is 0 Å². The zero-order chi connectivity index (χ0) is 8.39. The SMILES string of the molecule is NC1=CNC=Cc2ccccc21. The third-order valence-electron chi connectivity index (χ3n) is 1.87. The third kappa shape index (κ3) is 1.07. The second kappa shape index (κ2) is 2.74. The number of hydrogen-bond acceptors (Lipinski definition) is 2. The highest BCUT2D eigenvalue weighted by atomic mass is 14.8. The zero-order valence-electron chi connectivity index (χ0n) is 6.62. The van der Waals surface area contributed by atoms with E-state index in [2.05, 4.69) is 5.32 Å². The van der Waals surface area contributed by atoms with Gasteiger partial charge < -0.3 is 11.1 Å². The molecule has 3 N–H and O–H groups in total. The largest absolute Gasteiger partial charge is 0.397 e. The van der Waals surface area contributed by atoms with E-state index in [1.54, 1.807) is 6.20 Å². The maximum absolute atomic E-state index is 5.80. The third-order valence-corrected chi connectivity index (χ3v) is 1.87. The van der Waals surface area contributed by atoms with Gasteiger partial charge in [-0.1, -0.05) is 24.3 Å². The van der Waals surface area contributed by atoms with Crippen molar-refractivity contribution in [2.75, 3.05) is 0 Å². The molecule has 1 heterocycles. The van der Waals surface area contributed by atoms with Gasteiger partial charge in [0.2, 0.25) is 0 Å². The molecule has 0 bridgehead atoms. The van der Waals surface area contributed by atoms with Crippen LogP contribution < -0.4 is 11.1 Å². The first-order valence-corrected chi connectivity index (χ1v) is 3.85. The lowest BCUT2D eigenvalue weighted by Crippen LogP contribution is -2.00. The molecular weight excluding hydrogens is 148 g/mol. The highest BCUT2D eigenvalue weighted by molar-refractivity contribution is 5.73. The quantitative estimate of drug-likeness (QED) is 0.600. The van der Waals surface area contributed by atoms with Crippen LogP contribution in [0.2, 0.25) is 0 Å². The van der Waals surface area contributed by atoms with Crippen LogP contribution in [-0.2, 0) is 0 Å². The summed E-state index contributed by atoms with van der Waals surface area (Å²) in [4.78, 5) is 0. The Morgan fingerprint density at radius 2 is 2.00 bits per heavy atom. The van der Waals surface area contributed by atoms with Gasteiger partial charge in [0.25, 0.3) is 0 Å². The predicted octanol–water partition coefficient (Wildman–Crippen LogP) is 1.52. The summed E-state index contributed by atoms with van der Waals surface area (Å²) in [5.74, 6) is 0. The molecule has 1 aliphatic rings. The van der Waals surface area contributed by atoms with E-state index in [0.717, 1.165) is 16.8 Å². The number of nitrogens with two attached hydrogens (primary N) is 1. The summed E-state index contributed by atoms with van der Waals surface area (Å²) in [5.41, 5.74) is 8.81. The van der Waals surface area contributed by atoms with Gasteiger partial charge in [-0.15, -0.1) is 0 Å². The average Bonchev–Trinajstić information content (AvgIpc) is 2.29. The van der Waals surface area contributed by atoms with Crippen LogP contribution in [0.3, 0.4) is 0 Å². The molecule has 2 nitrogen and oxygen atoms in total. The predicted molar refractivity (Wildman–Crippen MR) is 50.8 cm³/mol. The first-order chi connectivity index (χ1) is 5.88. The molecule has 0 unspecified atom stereocenters. The second-order valence-corrected chi connectivity index (χ2v) is 2.69. The van der Waals surface area contributed by atoms with E-state index >= 15 is 0 Å². The minimum Gasteiger partial charge on any atom is -0.397 e. The minimum atomic E-state index is 0.774. The van der Waals surface area contributed by atoms with Crippen molar-refractivity contribution in [3.8, 4) is 0 Å². The molecule has 1 aliphatic heterocycles. The van der Waals surface area contributed by atoms with Crippen LogP contribution in [0.1, 0.15) is 11.1 Å². The molecule has 0 atom stereocenters. The van der Waals surface area contributed by atoms with E-state index in [1.807, 2.05) is 36.5 Å². The smallest absolute Gasteiger partial charge is 0.0556 e. The Morgan fingerprint density at radius 1 is 1.17 bits per heavy atom. The number of nitrogens with one attached hydrogen (secondary N) is 1. The standard InChI is InChI=1S/C10H10N2/c11-10-7-12-6-5-8-3-1-2-4-9(8)10/h1-7,12H,11H2. The van der Waals surface area contributed by atoms with E-state index in [4.69, 9.17) is 5.73 Å². The molecule has 0 aromatic heterocycles. The van der Waals surface area contributed by atoms with E-state index in [-0.39, 0.29) is 0 Å². The van der Waals surface area contributed by atoms with Gasteiger partial charge in [-0.05, 0) is 11.6 Å². The van der Waals surface area contributed by atoms with Crippen molar-refractivity contribution in [1.82, 2.24) is 5.32 Å². The van der Waals surface area contributed by atoms with Crippen LogP contribution in [0.5, 0.6) is 0 Å². The first kappa shape index (κ1) is 6.98. The van der Waals surface area contributed by atoms with Gasteiger partial charge >= 0.3 is 0 Å². The number of benzene rings is 1. The van der Waals surface area contributed by atoms with Crippen LogP contribution in [0.15, 0.2) is 36.7 Å². The van der Waals surface area contributed by atoms with E-state index in [1.165, 1.54) is 0 Å². The molecule has 0 saturated heterocycles. The average molecular weight is 158 g/mol. The number of hydrogen-bond donors (Lipinski definition) is 2. The van der Waals surface area contributed by atoms with Crippen LogP contribution >= 0.6 is 0 Å². The summed E-state index contributed by atoms with van der Waals surface area (Å²) in [6.07, 6.45) is 5.67. The maximum Gasteiger partial charge on any atom is 0.0556 e. The van der Waals surface area contributed by atoms with Gasteiger partial charge in [0, 0.05) is 18.0 Å². The summed E-state index contributed by atoms with van der Waals surface area (Å²) in [6, 6.07) is 8.04. The summed E-state index contributed by atoms with van der Waals surface area (Å²) < 4.78 is 0. The van der Waals surface area contributed by atoms with Crippen LogP contribution in [0.4, 0.5) is 0 Å². The number of rotatable bonds is 0. The van der Waals surface area contributed by atoms with Gasteiger partial charge in [0.15, 0.2) is 0 Å². The first-order valence-electron chi connectivity index (χ1n) is 3.85. The Kier molecular flexibility index (Phi) is 1.59. The normalized spacial score (nSPS) is 14.2. The van der Waals surface area contributed by atoms with E-state index < -0.39 is 0 Å². The fraction of sp³-hybridized carbons (Fsp3) is 0. The molecule has 2 rings (SSSR count). The molecular formula is C10H10N2. The molecule has 0 radical (unpaired) electrons. The van der Waals surface area contributed by atoms with Crippen molar-refractivity contribution in [2.45, 2.75) is 0 Å². The summed E-state index contributed by atoms with van der Waals surface area (Å²) in [5, 5.41) is 2.98. The Morgan fingerprint density at radius 3 is 2.92 bits per heavy atom. The van der Waals surface area contributed by atoms with Crippen molar-refractivity contribution in [2.24, 2.45) is 5.73 Å². The molecule has 0 aliphatic carbocycles. The van der Waals surface area contributed by atoms with E-state index in [0.29, 0.717) is 0 Å². The zero-order valence-corrected chi connectivity index (χ0v) is 6.62. The Balaban J connectivity index is 2.62. The molecule has 0 spiro atoms. The van der Waals surface area contributed by atoms with Crippen LogP contribution in [0, 0.1) is 0 Å². The summed E-state index contributed by atoms with van der Waals surface area (Å²) in [6.45, 7) is 0. The number of fused-ring (bicyclic) bond motifs is 1. The molecule has 2 heteroatoms. The monoisotopic (exact) mass is 158 g/mol. The summed E-state index contributed by atoms with van der Waals surface area (Å²) >= 11 is 0. The lowest BCUT2D eigenvalue weighted by molar-refractivity contribution is 1.21. The lowest BCUT2D eigenvalue weighted by Gasteiger charge is -2.02. The molecule has 0 fully saturated rings. The highest BCUT2D eigenvalue weighted by Gasteiger charge is 2.02. The maximum atomic E-state index is 5.80. The van der Waals surface area contributed by atoms with Crippen molar-refractivity contribution in [1.29, 1.82) is 0 Å². The highest BCUT2D eigenvalue weighted by Crippen LogP contribution is 2.17. The van der Waals surface area contributed by atoms with Crippen molar-refractivity contribution in [3.63, 3.8) is 0 Å². The van der Waals surface area contributed by atoms with Crippen LogP contribution in [0.25, 0.3) is 11.8 Å². The van der Waals surface area contributed by atoms with Crippen molar-refractivity contribution in [3.05, 3.63) is 47.8 Å². The van der Waals surface area contributed by atoms with Crippen LogP contribution in [-0.4, -0.2) is 0 Å². The topological polar surface area (TPSA) is 38.0 Å². The Hall–Kier alpha value is -1.70. The van der Waals surface area contributed by atoms with E-state index in [9.17, 15) is 0 Å². The Labute approximate surface area is 71.4 Å². The van der Waals surface area contributed by atoms with Gasteiger partial charge in [-0.2, -0.15) is 0 Å². The molecule has 12 heavy (non-hydrogen) atoms. The van der Waals surface area contributed by atoms with Gasteiger partial charge in [-0.3, -0.25) is 0 Å². The lowest BCUT2D eigenvalue weighted by atomic mass is 10.1. The van der Waals surface area contributed by atoms with Crippen molar-refractivity contribution < 1.29 is 0 Å².